The van der Waals surface area contributed by atoms with Gasteiger partial charge in [-0.25, -0.2) is 0 Å². The van der Waals surface area contributed by atoms with Crippen LogP contribution in [0, 0.1) is 6.92 Å². The van der Waals surface area contributed by atoms with E-state index >= 15 is 0 Å². The molecule has 1 N–H and O–H groups in total. The van der Waals surface area contributed by atoms with Crippen molar-refractivity contribution in [3.63, 3.8) is 0 Å². The van der Waals surface area contributed by atoms with E-state index in [-0.39, 0.29) is 6.04 Å². The molecule has 0 amide bonds. The summed E-state index contributed by atoms with van der Waals surface area (Å²) in [6.07, 6.45) is 0. The molecule has 19 heavy (non-hydrogen) atoms. The predicted molar refractivity (Wildman–Crippen MR) is 84.7 cm³/mol. The van der Waals surface area contributed by atoms with Crippen molar-refractivity contribution in [3.05, 3.63) is 62.6 Å². The van der Waals surface area contributed by atoms with Gasteiger partial charge in [-0.2, -0.15) is 0 Å². The van der Waals surface area contributed by atoms with Crippen molar-refractivity contribution < 1.29 is 0 Å². The van der Waals surface area contributed by atoms with Crippen molar-refractivity contribution in [1.29, 1.82) is 0 Å². The van der Waals surface area contributed by atoms with Crippen LogP contribution in [0.1, 0.15) is 24.1 Å². The maximum atomic E-state index is 6.21. The van der Waals surface area contributed by atoms with Crippen LogP contribution < -0.4 is 5.32 Å². The lowest BCUT2D eigenvalue weighted by molar-refractivity contribution is 0.885. The van der Waals surface area contributed by atoms with E-state index in [2.05, 4.69) is 12.2 Å². The largest absolute Gasteiger partial charge is 0.377 e. The molecule has 2 aromatic carbocycles. The number of hydrogen-bond donors (Lipinski definition) is 1. The Kier molecular flexibility index (Phi) is 4.62. The molecule has 1 atom stereocenters. The lowest BCUT2D eigenvalue weighted by Gasteiger charge is -2.17. The monoisotopic (exact) mass is 313 g/mol. The van der Waals surface area contributed by atoms with Gasteiger partial charge in [0.1, 0.15) is 0 Å². The van der Waals surface area contributed by atoms with Crippen LogP contribution >= 0.6 is 34.8 Å². The molecule has 0 saturated carbocycles. The van der Waals surface area contributed by atoms with Crippen molar-refractivity contribution in [3.8, 4) is 0 Å². The van der Waals surface area contributed by atoms with Crippen molar-refractivity contribution in [1.82, 2.24) is 0 Å². The summed E-state index contributed by atoms with van der Waals surface area (Å²) in [6.45, 7) is 4.06. The first-order chi connectivity index (χ1) is 8.97. The minimum absolute atomic E-state index is 0.0926. The molecule has 0 heterocycles. The van der Waals surface area contributed by atoms with E-state index in [1.807, 2.05) is 37.3 Å². The second-order valence-corrected chi connectivity index (χ2v) is 5.74. The van der Waals surface area contributed by atoms with Gasteiger partial charge in [-0.15, -0.1) is 0 Å². The summed E-state index contributed by atoms with van der Waals surface area (Å²) in [5.41, 5.74) is 3.11. The first-order valence-electron chi connectivity index (χ1n) is 5.95. The number of rotatable bonds is 3. The third-order valence-electron chi connectivity index (χ3n) is 2.94. The van der Waals surface area contributed by atoms with Gasteiger partial charge in [0.2, 0.25) is 0 Å². The normalized spacial score (nSPS) is 12.3. The molecule has 0 bridgehead atoms. The highest BCUT2D eigenvalue weighted by molar-refractivity contribution is 6.42. The summed E-state index contributed by atoms with van der Waals surface area (Å²) in [6, 6.07) is 11.6. The topological polar surface area (TPSA) is 12.0 Å². The average Bonchev–Trinajstić information content (AvgIpc) is 2.36. The number of halogens is 3. The Morgan fingerprint density at radius 3 is 2.26 bits per heavy atom. The van der Waals surface area contributed by atoms with E-state index in [0.717, 1.165) is 16.8 Å². The number of aryl methyl sites for hydroxylation is 1. The summed E-state index contributed by atoms with van der Waals surface area (Å²) in [7, 11) is 0. The maximum Gasteiger partial charge on any atom is 0.0640 e. The Labute approximate surface area is 128 Å². The van der Waals surface area contributed by atoms with Crippen molar-refractivity contribution in [2.24, 2.45) is 0 Å². The van der Waals surface area contributed by atoms with Gasteiger partial charge in [0, 0.05) is 6.04 Å². The van der Waals surface area contributed by atoms with E-state index in [4.69, 9.17) is 34.8 Å². The van der Waals surface area contributed by atoms with Gasteiger partial charge < -0.3 is 5.32 Å². The Morgan fingerprint density at radius 1 is 0.895 bits per heavy atom. The molecule has 2 rings (SSSR count). The number of benzene rings is 2. The van der Waals surface area contributed by atoms with Crippen molar-refractivity contribution in [2.45, 2.75) is 19.9 Å². The highest BCUT2D eigenvalue weighted by atomic mass is 35.5. The van der Waals surface area contributed by atoms with Gasteiger partial charge in [0.05, 0.1) is 20.8 Å². The summed E-state index contributed by atoms with van der Waals surface area (Å²) < 4.78 is 0. The zero-order valence-corrected chi connectivity index (χ0v) is 12.9. The predicted octanol–water partition coefficient (Wildman–Crippen LogP) is 6.13. The van der Waals surface area contributed by atoms with Gasteiger partial charge in [0.15, 0.2) is 0 Å². The van der Waals surface area contributed by atoms with Gasteiger partial charge in [0.25, 0.3) is 0 Å². The molecule has 1 nitrogen and oxygen atoms in total. The first-order valence-corrected chi connectivity index (χ1v) is 7.08. The summed E-state index contributed by atoms with van der Waals surface area (Å²) in [5, 5.41) is 5.20. The molecule has 0 radical (unpaired) electrons. The Hall–Kier alpha value is -0.890. The Bertz CT molecular complexity index is 596. The van der Waals surface area contributed by atoms with E-state index in [0.29, 0.717) is 15.1 Å². The first kappa shape index (κ1) is 14.5. The fraction of sp³-hybridized carbons (Fsp3) is 0.200. The second-order valence-electron chi connectivity index (χ2n) is 4.52. The van der Waals surface area contributed by atoms with Gasteiger partial charge in [-0.3, -0.25) is 0 Å². The molecule has 100 valence electrons. The van der Waals surface area contributed by atoms with Crippen molar-refractivity contribution >= 4 is 40.5 Å². The summed E-state index contributed by atoms with van der Waals surface area (Å²) >= 11 is 18.1. The fourth-order valence-corrected chi connectivity index (χ4v) is 2.43. The number of nitrogens with one attached hydrogen (secondary N) is 1. The zero-order chi connectivity index (χ0) is 14.0. The van der Waals surface area contributed by atoms with E-state index in [1.54, 1.807) is 6.07 Å². The van der Waals surface area contributed by atoms with Crippen LogP contribution in [0.3, 0.4) is 0 Å². The van der Waals surface area contributed by atoms with Crippen LogP contribution in [0.5, 0.6) is 0 Å². The lowest BCUT2D eigenvalue weighted by Crippen LogP contribution is -2.07. The molecule has 0 saturated heterocycles. The zero-order valence-electron chi connectivity index (χ0n) is 10.7. The molecule has 0 fully saturated rings. The van der Waals surface area contributed by atoms with Crippen LogP contribution in [0.25, 0.3) is 0 Å². The molecular formula is C15H14Cl3N. The van der Waals surface area contributed by atoms with Crippen LogP contribution in [0.4, 0.5) is 5.69 Å². The minimum atomic E-state index is 0.0926. The van der Waals surface area contributed by atoms with Crippen LogP contribution in [0.2, 0.25) is 15.1 Å². The third-order valence-corrected chi connectivity index (χ3v) is 3.99. The third kappa shape index (κ3) is 3.56. The van der Waals surface area contributed by atoms with Crippen molar-refractivity contribution in [2.75, 3.05) is 5.32 Å². The van der Waals surface area contributed by atoms with E-state index in [9.17, 15) is 0 Å². The van der Waals surface area contributed by atoms with Crippen LogP contribution in [0.15, 0.2) is 36.4 Å². The minimum Gasteiger partial charge on any atom is -0.377 e. The van der Waals surface area contributed by atoms with Gasteiger partial charge >= 0.3 is 0 Å². The Morgan fingerprint density at radius 2 is 1.63 bits per heavy atom. The highest BCUT2D eigenvalue weighted by Crippen LogP contribution is 2.30. The average molecular weight is 315 g/mol. The van der Waals surface area contributed by atoms with Crippen LogP contribution in [-0.2, 0) is 0 Å². The molecule has 0 spiro atoms. The standard InChI is InChI=1S/C15H14Cl3N/c1-9-3-6-15(14(18)7-9)19-10(2)11-4-5-12(16)13(17)8-11/h3-8,10,19H,1-2H3. The molecule has 0 aliphatic heterocycles. The fourth-order valence-electron chi connectivity index (χ4n) is 1.84. The van der Waals surface area contributed by atoms with Crippen LogP contribution in [-0.4, -0.2) is 0 Å². The molecule has 2 aromatic rings. The molecule has 0 aliphatic rings. The second kappa shape index (κ2) is 6.04. The van der Waals surface area contributed by atoms with E-state index in [1.165, 1.54) is 0 Å². The maximum absolute atomic E-state index is 6.21. The number of hydrogen-bond acceptors (Lipinski definition) is 1. The van der Waals surface area contributed by atoms with E-state index < -0.39 is 0 Å². The molecule has 0 aromatic heterocycles. The van der Waals surface area contributed by atoms with Gasteiger partial charge in [-0.1, -0.05) is 46.9 Å². The summed E-state index contributed by atoms with van der Waals surface area (Å²) in [4.78, 5) is 0. The molecule has 4 heteroatoms. The SMILES string of the molecule is Cc1ccc(NC(C)c2ccc(Cl)c(Cl)c2)c(Cl)c1. The lowest BCUT2D eigenvalue weighted by atomic mass is 10.1. The quantitative estimate of drug-likeness (QED) is 0.718. The van der Waals surface area contributed by atoms with Gasteiger partial charge in [-0.05, 0) is 49.2 Å². The smallest absolute Gasteiger partial charge is 0.0640 e. The molecule has 1 unspecified atom stereocenters. The molecule has 0 aliphatic carbocycles. The Balaban J connectivity index is 2.20. The molecular weight excluding hydrogens is 301 g/mol. The summed E-state index contributed by atoms with van der Waals surface area (Å²) in [5.74, 6) is 0. The highest BCUT2D eigenvalue weighted by Gasteiger charge is 2.09. The number of anilines is 1.